The molecule has 0 unspecified atom stereocenters. The molecule has 0 atom stereocenters. The molecule has 9 heavy (non-hydrogen) atoms. The molecule has 1 amide bonds. The van der Waals surface area contributed by atoms with Crippen molar-refractivity contribution >= 4 is 17.5 Å². The Bertz CT molecular complexity index is 142. The summed E-state index contributed by atoms with van der Waals surface area (Å²) in [5, 5.41) is 0.461. The van der Waals surface area contributed by atoms with E-state index in [9.17, 15) is 4.79 Å². The summed E-state index contributed by atoms with van der Waals surface area (Å²) in [4.78, 5) is 11.9. The van der Waals surface area contributed by atoms with Gasteiger partial charge in [0.15, 0.2) is 0 Å². The minimum absolute atomic E-state index is 0.0573. The van der Waals surface area contributed by atoms with Gasteiger partial charge in [-0.1, -0.05) is 17.7 Å². The van der Waals surface area contributed by atoms with E-state index in [0.29, 0.717) is 5.16 Å². The fourth-order valence-corrected chi connectivity index (χ4v) is 0.463. The predicted molar refractivity (Wildman–Crippen MR) is 38.1 cm³/mol. The summed E-state index contributed by atoms with van der Waals surface area (Å²) in [6.07, 6.45) is 1.67. The van der Waals surface area contributed by atoms with Crippen LogP contribution >= 0.6 is 11.6 Å². The Hall–Kier alpha value is -0.500. The molecule has 2 nitrogen and oxygen atoms in total. The van der Waals surface area contributed by atoms with Crippen molar-refractivity contribution in [3.8, 4) is 0 Å². The van der Waals surface area contributed by atoms with Crippen molar-refractivity contribution in [2.75, 3.05) is 7.05 Å². The van der Waals surface area contributed by atoms with Crippen LogP contribution in [0.3, 0.4) is 0 Å². The zero-order valence-corrected chi connectivity index (χ0v) is 6.57. The third-order valence-electron chi connectivity index (χ3n) is 1.03. The second-order valence-corrected chi connectivity index (χ2v) is 2.08. The zero-order chi connectivity index (χ0) is 7.44. The van der Waals surface area contributed by atoms with Gasteiger partial charge in [0.1, 0.15) is 5.16 Å². The molecule has 0 aromatic heterocycles. The van der Waals surface area contributed by atoms with Crippen molar-refractivity contribution in [2.45, 2.75) is 13.8 Å². The molecule has 0 aromatic rings. The SMILES string of the molecule is CC=C(Cl)N(C)C(C)=O. The van der Waals surface area contributed by atoms with Crippen LogP contribution in [0, 0.1) is 0 Å². The van der Waals surface area contributed by atoms with Crippen LogP contribution in [0.4, 0.5) is 0 Å². The summed E-state index contributed by atoms with van der Waals surface area (Å²) in [6, 6.07) is 0. The maximum atomic E-state index is 10.5. The largest absolute Gasteiger partial charge is 0.306 e. The fourth-order valence-electron chi connectivity index (χ4n) is 0.344. The van der Waals surface area contributed by atoms with Crippen LogP contribution in [0.25, 0.3) is 0 Å². The molecule has 0 bridgehead atoms. The zero-order valence-electron chi connectivity index (χ0n) is 5.81. The van der Waals surface area contributed by atoms with Gasteiger partial charge < -0.3 is 4.90 Å². The molecule has 0 N–H and O–H groups in total. The summed E-state index contributed by atoms with van der Waals surface area (Å²) in [5.41, 5.74) is 0. The molecule has 0 saturated carbocycles. The highest BCUT2D eigenvalue weighted by Gasteiger charge is 2.02. The van der Waals surface area contributed by atoms with Crippen molar-refractivity contribution in [2.24, 2.45) is 0 Å². The summed E-state index contributed by atoms with van der Waals surface area (Å²) < 4.78 is 0. The molecule has 0 aliphatic heterocycles. The Morgan fingerprint density at radius 1 is 1.67 bits per heavy atom. The number of hydrogen-bond donors (Lipinski definition) is 0. The van der Waals surface area contributed by atoms with Crippen LogP contribution in [0.15, 0.2) is 11.2 Å². The maximum absolute atomic E-state index is 10.5. The van der Waals surface area contributed by atoms with Crippen molar-refractivity contribution < 1.29 is 4.79 Å². The Kier molecular flexibility index (Phi) is 3.32. The van der Waals surface area contributed by atoms with Gasteiger partial charge in [-0.3, -0.25) is 4.79 Å². The molecule has 3 heteroatoms. The van der Waals surface area contributed by atoms with Gasteiger partial charge in [0, 0.05) is 14.0 Å². The van der Waals surface area contributed by atoms with E-state index in [1.807, 2.05) is 0 Å². The molecule has 0 heterocycles. The number of carbonyl (C=O) groups is 1. The lowest BCUT2D eigenvalue weighted by molar-refractivity contribution is -0.125. The first-order valence-corrected chi connectivity index (χ1v) is 3.03. The number of carbonyl (C=O) groups excluding carboxylic acids is 1. The first-order chi connectivity index (χ1) is 4.09. The lowest BCUT2D eigenvalue weighted by Crippen LogP contribution is -2.20. The number of nitrogens with zero attached hydrogens (tertiary/aromatic N) is 1. The van der Waals surface area contributed by atoms with Crippen LogP contribution in [0.1, 0.15) is 13.8 Å². The van der Waals surface area contributed by atoms with Gasteiger partial charge in [0.05, 0.1) is 0 Å². The Morgan fingerprint density at radius 3 is 2.22 bits per heavy atom. The molecule has 0 fully saturated rings. The van der Waals surface area contributed by atoms with Gasteiger partial charge in [0.25, 0.3) is 0 Å². The van der Waals surface area contributed by atoms with Gasteiger partial charge in [-0.15, -0.1) is 0 Å². The molecule has 52 valence electrons. The van der Waals surface area contributed by atoms with E-state index in [4.69, 9.17) is 11.6 Å². The molecule has 0 rings (SSSR count). The van der Waals surface area contributed by atoms with Crippen molar-refractivity contribution in [1.82, 2.24) is 4.90 Å². The van der Waals surface area contributed by atoms with Crippen molar-refractivity contribution in [3.05, 3.63) is 11.2 Å². The molecule has 0 spiro atoms. The maximum Gasteiger partial charge on any atom is 0.224 e. The van der Waals surface area contributed by atoms with Crippen molar-refractivity contribution in [3.63, 3.8) is 0 Å². The van der Waals surface area contributed by atoms with E-state index >= 15 is 0 Å². The molecule has 0 aliphatic carbocycles. The minimum Gasteiger partial charge on any atom is -0.306 e. The van der Waals surface area contributed by atoms with Gasteiger partial charge in [-0.2, -0.15) is 0 Å². The summed E-state index contributed by atoms with van der Waals surface area (Å²) in [7, 11) is 1.63. The van der Waals surface area contributed by atoms with Gasteiger partial charge in [-0.25, -0.2) is 0 Å². The van der Waals surface area contributed by atoms with E-state index in [1.165, 1.54) is 11.8 Å². The first-order valence-electron chi connectivity index (χ1n) is 2.65. The average molecular weight is 148 g/mol. The average Bonchev–Trinajstić information content (AvgIpc) is 1.84. The number of rotatable bonds is 1. The van der Waals surface area contributed by atoms with Crippen molar-refractivity contribution in [1.29, 1.82) is 0 Å². The van der Waals surface area contributed by atoms with Crippen LogP contribution in [-0.4, -0.2) is 17.9 Å². The van der Waals surface area contributed by atoms with Crippen LogP contribution in [0.2, 0.25) is 0 Å². The number of hydrogen-bond acceptors (Lipinski definition) is 1. The van der Waals surface area contributed by atoms with E-state index < -0.39 is 0 Å². The predicted octanol–water partition coefficient (Wildman–Crippen LogP) is 1.56. The molecule has 0 saturated heterocycles. The Labute approximate surface area is 60.1 Å². The topological polar surface area (TPSA) is 20.3 Å². The standard InChI is InChI=1S/C6H10ClNO/c1-4-6(7)8(3)5(2)9/h4H,1-3H3. The van der Waals surface area contributed by atoms with Crippen LogP contribution in [0.5, 0.6) is 0 Å². The molecule has 0 aliphatic rings. The highest BCUT2D eigenvalue weighted by molar-refractivity contribution is 6.30. The van der Waals surface area contributed by atoms with E-state index in [0.717, 1.165) is 0 Å². The van der Waals surface area contributed by atoms with Crippen LogP contribution in [-0.2, 0) is 4.79 Å². The summed E-state index contributed by atoms with van der Waals surface area (Å²) in [6.45, 7) is 3.24. The third kappa shape index (κ3) is 2.51. The summed E-state index contributed by atoms with van der Waals surface area (Å²) in [5.74, 6) is -0.0573. The Morgan fingerprint density at radius 2 is 2.11 bits per heavy atom. The van der Waals surface area contributed by atoms with E-state index in [-0.39, 0.29) is 5.91 Å². The quantitative estimate of drug-likeness (QED) is 0.516. The number of halogens is 1. The highest BCUT2D eigenvalue weighted by Crippen LogP contribution is 2.05. The molecule has 0 radical (unpaired) electrons. The lowest BCUT2D eigenvalue weighted by atomic mass is 10.6. The second kappa shape index (κ2) is 3.51. The molecule has 0 aromatic carbocycles. The van der Waals surface area contributed by atoms with E-state index in [1.54, 1.807) is 20.0 Å². The smallest absolute Gasteiger partial charge is 0.224 e. The van der Waals surface area contributed by atoms with Gasteiger partial charge in [0.2, 0.25) is 5.91 Å². The number of amides is 1. The minimum atomic E-state index is -0.0573. The second-order valence-electron chi connectivity index (χ2n) is 1.69. The third-order valence-corrected chi connectivity index (χ3v) is 1.50. The van der Waals surface area contributed by atoms with Crippen LogP contribution < -0.4 is 0 Å². The highest BCUT2D eigenvalue weighted by atomic mass is 35.5. The molecular weight excluding hydrogens is 138 g/mol. The number of allylic oxidation sites excluding steroid dienone is 1. The summed E-state index contributed by atoms with van der Waals surface area (Å²) >= 11 is 5.58. The Balaban J connectivity index is 4.04. The first kappa shape index (κ1) is 8.50. The fraction of sp³-hybridized carbons (Fsp3) is 0.500. The van der Waals surface area contributed by atoms with E-state index in [2.05, 4.69) is 0 Å². The lowest BCUT2D eigenvalue weighted by Gasteiger charge is -2.11. The van der Waals surface area contributed by atoms with Gasteiger partial charge in [-0.05, 0) is 6.92 Å². The monoisotopic (exact) mass is 147 g/mol. The van der Waals surface area contributed by atoms with Gasteiger partial charge >= 0.3 is 0 Å². The normalized spacial score (nSPS) is 11.3. The molecular formula is C6H10ClNO.